The molecule has 0 aromatic rings. The molecule has 0 unspecified atom stereocenters. The quantitative estimate of drug-likeness (QED) is 0.395. The van der Waals surface area contributed by atoms with Crippen LogP contribution in [0, 0.1) is 0 Å². The van der Waals surface area contributed by atoms with E-state index in [0.717, 1.165) is 0 Å². The molecule has 0 aliphatic rings. The number of nitrogens with two attached hydrogens (primary N) is 2. The van der Waals surface area contributed by atoms with Gasteiger partial charge in [0.25, 0.3) is 0 Å². The number of aliphatic carboxylic acids is 1. The highest BCUT2D eigenvalue weighted by Crippen LogP contribution is 2.13. The van der Waals surface area contributed by atoms with E-state index < -0.39 is 11.0 Å². The highest BCUT2D eigenvalue weighted by atomic mass is 35.5. The minimum absolute atomic E-state index is 0.195. The Morgan fingerprint density at radius 1 is 1.70 bits per heavy atom. The molecule has 0 bridgehead atoms. The Bertz CT molecular complexity index is 127. The van der Waals surface area contributed by atoms with E-state index in [9.17, 15) is 4.79 Å². The molecule has 0 heterocycles. The van der Waals surface area contributed by atoms with Crippen molar-refractivity contribution in [1.82, 2.24) is 0 Å². The summed E-state index contributed by atoms with van der Waals surface area (Å²) >= 11 is 5.37. The van der Waals surface area contributed by atoms with Crippen LogP contribution in [0.4, 0.5) is 0 Å². The van der Waals surface area contributed by atoms with Gasteiger partial charge in [-0.25, -0.2) is 4.79 Å². The van der Waals surface area contributed by atoms with E-state index in [2.05, 4.69) is 0 Å². The smallest absolute Gasteiger partial charge is 0.339 e. The summed E-state index contributed by atoms with van der Waals surface area (Å²) in [6, 6.07) is 0. The van der Waals surface area contributed by atoms with E-state index in [-0.39, 0.29) is 6.42 Å². The van der Waals surface area contributed by atoms with Crippen molar-refractivity contribution >= 4 is 17.6 Å². The summed E-state index contributed by atoms with van der Waals surface area (Å²) in [6.45, 7) is 0.402. The Hall–Kier alpha value is -0.320. The number of alkyl halides is 1. The summed E-state index contributed by atoms with van der Waals surface area (Å²) in [5, 5.41) is 8.37. The predicted octanol–water partition coefficient (Wildman–Crippen LogP) is -0.296. The second-order valence-corrected chi connectivity index (χ2v) is 2.73. The predicted molar refractivity (Wildman–Crippen MR) is 38.7 cm³/mol. The third kappa shape index (κ3) is 3.00. The lowest BCUT2D eigenvalue weighted by molar-refractivity contribution is -0.140. The lowest BCUT2D eigenvalue weighted by Crippen LogP contribution is -2.42. The summed E-state index contributed by atoms with van der Waals surface area (Å²) in [7, 11) is 0. The third-order valence-electron chi connectivity index (χ3n) is 1.10. The van der Waals surface area contributed by atoms with Gasteiger partial charge in [-0.2, -0.15) is 0 Å². The van der Waals surface area contributed by atoms with E-state index in [4.69, 9.17) is 28.2 Å². The van der Waals surface area contributed by atoms with Gasteiger partial charge in [-0.3, -0.25) is 0 Å². The van der Waals surface area contributed by atoms with Crippen molar-refractivity contribution in [2.75, 3.05) is 6.54 Å². The topological polar surface area (TPSA) is 89.3 Å². The van der Waals surface area contributed by atoms with Crippen LogP contribution < -0.4 is 11.5 Å². The summed E-state index contributed by atoms with van der Waals surface area (Å²) in [6.07, 6.45) is 0.715. The Morgan fingerprint density at radius 3 is 2.50 bits per heavy atom. The summed E-state index contributed by atoms with van der Waals surface area (Å²) in [4.78, 5) is 8.59. The standard InChI is InChI=1S/C5H11ClN2O2/c6-5(8,4(9)10)2-1-3-7/h1-3,7-8H2,(H,9,10)/t5-/m1/s1. The van der Waals surface area contributed by atoms with Crippen molar-refractivity contribution in [2.24, 2.45) is 11.5 Å². The molecule has 0 aliphatic heterocycles. The SMILES string of the molecule is NCCC[C@](N)(Cl)C(=O)O. The van der Waals surface area contributed by atoms with Gasteiger partial charge < -0.3 is 16.6 Å². The van der Waals surface area contributed by atoms with Gasteiger partial charge in [0, 0.05) is 0 Å². The molecule has 4 nitrogen and oxygen atoms in total. The fourth-order valence-corrected chi connectivity index (χ4v) is 0.600. The van der Waals surface area contributed by atoms with Crippen molar-refractivity contribution < 1.29 is 9.90 Å². The zero-order valence-electron chi connectivity index (χ0n) is 5.51. The maximum Gasteiger partial charge on any atom is 0.339 e. The average molecular weight is 167 g/mol. The monoisotopic (exact) mass is 166 g/mol. The van der Waals surface area contributed by atoms with Crippen molar-refractivity contribution in [3.8, 4) is 0 Å². The Kier molecular flexibility index (Phi) is 3.63. The lowest BCUT2D eigenvalue weighted by Gasteiger charge is -2.14. The Balaban J connectivity index is 3.75. The van der Waals surface area contributed by atoms with Gasteiger partial charge >= 0.3 is 5.97 Å². The van der Waals surface area contributed by atoms with Gasteiger partial charge in [0.2, 0.25) is 0 Å². The van der Waals surface area contributed by atoms with Gasteiger partial charge in [-0.15, -0.1) is 0 Å². The molecule has 5 heteroatoms. The molecule has 1 atom stereocenters. The minimum Gasteiger partial charge on any atom is -0.479 e. The Morgan fingerprint density at radius 2 is 2.20 bits per heavy atom. The molecule has 0 rings (SSSR count). The van der Waals surface area contributed by atoms with Gasteiger partial charge in [-0.1, -0.05) is 11.6 Å². The van der Waals surface area contributed by atoms with Crippen molar-refractivity contribution in [2.45, 2.75) is 17.8 Å². The fraction of sp³-hybridized carbons (Fsp3) is 0.800. The third-order valence-corrected chi connectivity index (χ3v) is 1.45. The molecule has 0 amide bonds. The van der Waals surface area contributed by atoms with E-state index in [1.807, 2.05) is 0 Å². The number of carboxylic acids is 1. The molecular formula is C5H11ClN2O2. The second kappa shape index (κ2) is 3.75. The first kappa shape index (κ1) is 9.68. The maximum atomic E-state index is 10.2. The first-order valence-corrected chi connectivity index (χ1v) is 3.30. The van der Waals surface area contributed by atoms with Crippen LogP contribution in [0.1, 0.15) is 12.8 Å². The van der Waals surface area contributed by atoms with Crippen LogP contribution >= 0.6 is 11.6 Å². The molecule has 5 N–H and O–H groups in total. The summed E-state index contributed by atoms with van der Waals surface area (Å²) in [5.74, 6) is -1.21. The summed E-state index contributed by atoms with van der Waals surface area (Å²) < 4.78 is 0. The molecule has 0 aliphatic carbocycles. The molecule has 0 spiro atoms. The molecular weight excluding hydrogens is 156 g/mol. The second-order valence-electron chi connectivity index (χ2n) is 2.06. The van der Waals surface area contributed by atoms with E-state index >= 15 is 0 Å². The number of hydrogen-bond donors (Lipinski definition) is 3. The van der Waals surface area contributed by atoms with Gasteiger partial charge in [0.1, 0.15) is 0 Å². The number of rotatable bonds is 4. The van der Waals surface area contributed by atoms with E-state index in [1.54, 1.807) is 0 Å². The molecule has 0 aromatic heterocycles. The van der Waals surface area contributed by atoms with Crippen LogP contribution in [0.15, 0.2) is 0 Å². The number of carboxylic acid groups (broad SMARTS) is 1. The molecule has 0 aromatic carbocycles. The van der Waals surface area contributed by atoms with Crippen molar-refractivity contribution in [3.63, 3.8) is 0 Å². The van der Waals surface area contributed by atoms with Crippen LogP contribution in [0.2, 0.25) is 0 Å². The summed E-state index contributed by atoms with van der Waals surface area (Å²) in [5.41, 5.74) is 10.3. The minimum atomic E-state index is -1.64. The van der Waals surface area contributed by atoms with E-state index in [1.165, 1.54) is 0 Å². The van der Waals surface area contributed by atoms with E-state index in [0.29, 0.717) is 13.0 Å². The fourth-order valence-electron chi connectivity index (χ4n) is 0.466. The van der Waals surface area contributed by atoms with Crippen LogP contribution in [-0.4, -0.2) is 22.6 Å². The first-order valence-electron chi connectivity index (χ1n) is 2.92. The number of halogens is 1. The van der Waals surface area contributed by atoms with Crippen molar-refractivity contribution in [3.05, 3.63) is 0 Å². The molecule has 60 valence electrons. The molecule has 0 saturated heterocycles. The van der Waals surface area contributed by atoms with Crippen LogP contribution in [0.3, 0.4) is 0 Å². The van der Waals surface area contributed by atoms with Gasteiger partial charge in [0.15, 0.2) is 5.00 Å². The van der Waals surface area contributed by atoms with Crippen LogP contribution in [0.25, 0.3) is 0 Å². The lowest BCUT2D eigenvalue weighted by atomic mass is 10.1. The molecule has 0 radical (unpaired) electrons. The van der Waals surface area contributed by atoms with Crippen molar-refractivity contribution in [1.29, 1.82) is 0 Å². The molecule has 10 heavy (non-hydrogen) atoms. The highest BCUT2D eigenvalue weighted by molar-refractivity contribution is 6.33. The van der Waals surface area contributed by atoms with Crippen LogP contribution in [0.5, 0.6) is 0 Å². The first-order chi connectivity index (χ1) is 4.50. The number of carbonyl (C=O) groups is 1. The molecule has 0 saturated carbocycles. The number of hydrogen-bond acceptors (Lipinski definition) is 3. The van der Waals surface area contributed by atoms with Gasteiger partial charge in [-0.05, 0) is 19.4 Å². The zero-order valence-corrected chi connectivity index (χ0v) is 6.27. The largest absolute Gasteiger partial charge is 0.479 e. The van der Waals surface area contributed by atoms with Gasteiger partial charge in [0.05, 0.1) is 0 Å². The average Bonchev–Trinajstić information content (AvgIpc) is 1.84. The molecule has 0 fully saturated rings. The van der Waals surface area contributed by atoms with Crippen LogP contribution in [-0.2, 0) is 4.79 Å². The normalized spacial score (nSPS) is 16.3. The zero-order chi connectivity index (χ0) is 8.20. The Labute approximate surface area is 64.1 Å². The maximum absolute atomic E-state index is 10.2. The highest BCUT2D eigenvalue weighted by Gasteiger charge is 2.29.